The van der Waals surface area contributed by atoms with Crippen molar-refractivity contribution < 1.29 is 27.8 Å². The number of amides is 1. The van der Waals surface area contributed by atoms with Gasteiger partial charge in [-0.3, -0.25) is 4.79 Å². The van der Waals surface area contributed by atoms with Crippen LogP contribution in [0.3, 0.4) is 0 Å². The summed E-state index contributed by atoms with van der Waals surface area (Å²) in [4.78, 5) is 21.3. The Morgan fingerprint density at radius 3 is 2.60 bits per heavy atom. The zero-order valence-electron chi connectivity index (χ0n) is 18.7. The van der Waals surface area contributed by atoms with Crippen LogP contribution in [0.2, 0.25) is 0 Å². The van der Waals surface area contributed by atoms with Gasteiger partial charge in [0, 0.05) is 29.6 Å². The van der Waals surface area contributed by atoms with E-state index >= 15 is 0 Å². The largest absolute Gasteiger partial charge is 0.507 e. The summed E-state index contributed by atoms with van der Waals surface area (Å²) in [6.07, 6.45) is -3.18. The van der Waals surface area contributed by atoms with Crippen molar-refractivity contribution in [3.63, 3.8) is 0 Å². The van der Waals surface area contributed by atoms with Gasteiger partial charge in [0.05, 0.1) is 5.56 Å². The lowest BCUT2D eigenvalue weighted by Gasteiger charge is -2.13. The highest BCUT2D eigenvalue weighted by molar-refractivity contribution is 6.13. The number of hydrogen-bond acceptors (Lipinski definition) is 6. The molecule has 0 bridgehead atoms. The first kappa shape index (κ1) is 23.8. The van der Waals surface area contributed by atoms with E-state index in [1.54, 1.807) is 48.7 Å². The van der Waals surface area contributed by atoms with Gasteiger partial charge in [-0.25, -0.2) is 4.98 Å². The van der Waals surface area contributed by atoms with Crippen LogP contribution in [0.15, 0.2) is 66.9 Å². The number of aromatic nitrogens is 2. The number of hydrogen-bond donors (Lipinski definition) is 3. The second-order valence-corrected chi connectivity index (χ2v) is 7.99. The first-order valence-corrected chi connectivity index (χ1v) is 10.6. The van der Waals surface area contributed by atoms with Crippen LogP contribution in [0, 0.1) is 0 Å². The summed E-state index contributed by atoms with van der Waals surface area (Å²) < 4.78 is 45.1. The first-order valence-electron chi connectivity index (χ1n) is 10.6. The Kier molecular flexibility index (Phi) is 6.46. The molecule has 0 spiro atoms. The lowest BCUT2D eigenvalue weighted by molar-refractivity contribution is -0.138. The molecule has 1 aromatic heterocycles. The zero-order chi connectivity index (χ0) is 25.2. The van der Waals surface area contributed by atoms with Crippen LogP contribution in [0.4, 0.5) is 24.8 Å². The number of anilines is 2. The standard InChI is InChI=1S/C25H21F3N4O3/c1-14(2)30-24-29-11-10-22(32-24)35-17-7-8-18-15(12-17)4-3-5-19(18)23(34)31-16-6-9-21(33)20(13-16)25(26,27)28/h3-14,33H,1-2H3,(H,31,34)(H,29,30,32). The SMILES string of the molecule is CC(C)Nc1nccc(Oc2ccc3c(C(=O)Nc4ccc(O)c(C(F)(F)F)c4)cccc3c2)n1. The van der Waals surface area contributed by atoms with E-state index in [0.29, 0.717) is 34.4 Å². The molecule has 0 atom stereocenters. The first-order chi connectivity index (χ1) is 16.6. The molecule has 10 heteroatoms. The van der Waals surface area contributed by atoms with Crippen LogP contribution < -0.4 is 15.4 Å². The van der Waals surface area contributed by atoms with Crippen molar-refractivity contribution in [2.24, 2.45) is 0 Å². The van der Waals surface area contributed by atoms with E-state index in [2.05, 4.69) is 20.6 Å². The number of carbonyl (C=O) groups is 1. The van der Waals surface area contributed by atoms with Crippen LogP contribution in [0.5, 0.6) is 17.4 Å². The fraction of sp³-hybridized carbons (Fsp3) is 0.160. The number of aromatic hydroxyl groups is 1. The molecule has 0 saturated carbocycles. The number of phenolic OH excluding ortho intramolecular Hbond substituents is 1. The normalized spacial score (nSPS) is 11.5. The van der Waals surface area contributed by atoms with Gasteiger partial charge in [0.25, 0.3) is 5.91 Å². The molecule has 0 fully saturated rings. The molecular formula is C25H21F3N4O3. The molecule has 3 N–H and O–H groups in total. The summed E-state index contributed by atoms with van der Waals surface area (Å²) >= 11 is 0. The number of nitrogens with zero attached hydrogens (tertiary/aromatic N) is 2. The molecule has 1 heterocycles. The van der Waals surface area contributed by atoms with Gasteiger partial charge in [-0.1, -0.05) is 12.1 Å². The molecular weight excluding hydrogens is 461 g/mol. The molecule has 0 aliphatic rings. The Labute approximate surface area is 198 Å². The second-order valence-electron chi connectivity index (χ2n) is 7.99. The third-order valence-electron chi connectivity index (χ3n) is 4.93. The number of fused-ring (bicyclic) bond motifs is 1. The molecule has 4 aromatic rings. The molecule has 3 aromatic carbocycles. The van der Waals surface area contributed by atoms with Crippen molar-refractivity contribution in [1.29, 1.82) is 0 Å². The Balaban J connectivity index is 1.57. The maximum Gasteiger partial charge on any atom is 0.420 e. The third-order valence-corrected chi connectivity index (χ3v) is 4.93. The van der Waals surface area contributed by atoms with Crippen molar-refractivity contribution in [3.05, 3.63) is 78.0 Å². The summed E-state index contributed by atoms with van der Waals surface area (Å²) in [7, 11) is 0. The lowest BCUT2D eigenvalue weighted by Crippen LogP contribution is -2.13. The maximum absolute atomic E-state index is 13.1. The average molecular weight is 482 g/mol. The number of nitrogens with one attached hydrogen (secondary N) is 2. The molecule has 0 radical (unpaired) electrons. The van der Waals surface area contributed by atoms with Crippen molar-refractivity contribution in [2.75, 3.05) is 10.6 Å². The van der Waals surface area contributed by atoms with Crippen LogP contribution in [-0.2, 0) is 6.18 Å². The van der Waals surface area contributed by atoms with E-state index in [9.17, 15) is 23.1 Å². The second kappa shape index (κ2) is 9.49. The van der Waals surface area contributed by atoms with Gasteiger partial charge >= 0.3 is 6.18 Å². The number of alkyl halides is 3. The number of rotatable bonds is 6. The number of phenols is 1. The Morgan fingerprint density at radius 1 is 1.06 bits per heavy atom. The maximum atomic E-state index is 13.1. The highest BCUT2D eigenvalue weighted by atomic mass is 19.4. The van der Waals surface area contributed by atoms with Gasteiger partial charge < -0.3 is 20.5 Å². The van der Waals surface area contributed by atoms with E-state index in [4.69, 9.17) is 4.74 Å². The quantitative estimate of drug-likeness (QED) is 0.283. The zero-order valence-corrected chi connectivity index (χ0v) is 18.7. The predicted octanol–water partition coefficient (Wildman–Crippen LogP) is 6.22. The number of benzene rings is 3. The fourth-order valence-corrected chi connectivity index (χ4v) is 3.41. The molecule has 180 valence electrons. The molecule has 1 amide bonds. The summed E-state index contributed by atoms with van der Waals surface area (Å²) in [5.41, 5.74) is -1.06. The number of halogens is 3. The lowest BCUT2D eigenvalue weighted by atomic mass is 10.0. The third kappa shape index (κ3) is 5.60. The molecule has 35 heavy (non-hydrogen) atoms. The fourth-order valence-electron chi connectivity index (χ4n) is 3.41. The van der Waals surface area contributed by atoms with Gasteiger partial charge in [0.15, 0.2) is 0 Å². The Hall–Kier alpha value is -4.34. The van der Waals surface area contributed by atoms with E-state index in [1.165, 1.54) is 6.07 Å². The van der Waals surface area contributed by atoms with Crippen molar-refractivity contribution in [2.45, 2.75) is 26.1 Å². The van der Waals surface area contributed by atoms with Gasteiger partial charge in [0.1, 0.15) is 11.5 Å². The highest BCUT2D eigenvalue weighted by Gasteiger charge is 2.34. The van der Waals surface area contributed by atoms with Gasteiger partial charge in [-0.15, -0.1) is 0 Å². The van der Waals surface area contributed by atoms with Gasteiger partial charge in [-0.05, 0) is 67.1 Å². The molecule has 4 rings (SSSR count). The van der Waals surface area contributed by atoms with Crippen molar-refractivity contribution in [1.82, 2.24) is 9.97 Å². The minimum absolute atomic E-state index is 0.0911. The molecule has 7 nitrogen and oxygen atoms in total. The predicted molar refractivity (Wildman–Crippen MR) is 126 cm³/mol. The minimum Gasteiger partial charge on any atom is -0.507 e. The van der Waals surface area contributed by atoms with Crippen molar-refractivity contribution >= 4 is 28.3 Å². The monoisotopic (exact) mass is 482 g/mol. The summed E-state index contributed by atoms with van der Waals surface area (Å²) in [5, 5.41) is 16.3. The molecule has 0 aliphatic heterocycles. The van der Waals surface area contributed by atoms with Crippen LogP contribution in [0.1, 0.15) is 29.8 Å². The van der Waals surface area contributed by atoms with Gasteiger partial charge in [-0.2, -0.15) is 18.2 Å². The number of ether oxygens (including phenoxy) is 1. The van der Waals surface area contributed by atoms with Crippen LogP contribution >= 0.6 is 0 Å². The van der Waals surface area contributed by atoms with Crippen LogP contribution in [-0.4, -0.2) is 27.0 Å². The minimum atomic E-state index is -4.75. The van der Waals surface area contributed by atoms with E-state index in [-0.39, 0.29) is 17.3 Å². The number of carbonyl (C=O) groups excluding carboxylic acids is 1. The van der Waals surface area contributed by atoms with Crippen molar-refractivity contribution in [3.8, 4) is 17.4 Å². The average Bonchev–Trinajstić information content (AvgIpc) is 2.79. The summed E-state index contributed by atoms with van der Waals surface area (Å²) in [6.45, 7) is 3.93. The summed E-state index contributed by atoms with van der Waals surface area (Å²) in [5.74, 6) is -0.255. The van der Waals surface area contributed by atoms with Crippen LogP contribution in [0.25, 0.3) is 10.8 Å². The Bertz CT molecular complexity index is 1390. The molecule has 0 aliphatic carbocycles. The molecule has 0 unspecified atom stereocenters. The van der Waals surface area contributed by atoms with E-state index in [1.807, 2.05) is 13.8 Å². The molecule has 0 saturated heterocycles. The Morgan fingerprint density at radius 2 is 1.86 bits per heavy atom. The highest BCUT2D eigenvalue weighted by Crippen LogP contribution is 2.37. The van der Waals surface area contributed by atoms with E-state index in [0.717, 1.165) is 6.07 Å². The summed E-state index contributed by atoms with van der Waals surface area (Å²) in [6, 6.07) is 14.6. The smallest absolute Gasteiger partial charge is 0.420 e. The van der Waals surface area contributed by atoms with Gasteiger partial charge in [0.2, 0.25) is 11.8 Å². The van der Waals surface area contributed by atoms with E-state index < -0.39 is 23.4 Å². The topological polar surface area (TPSA) is 96.4 Å².